The predicted octanol–water partition coefficient (Wildman–Crippen LogP) is 2.70. The molecule has 0 aromatic heterocycles. The molecule has 6 heteroatoms. The van der Waals surface area contributed by atoms with Gasteiger partial charge in [-0.2, -0.15) is 0 Å². The van der Waals surface area contributed by atoms with E-state index in [9.17, 15) is 14.3 Å². The van der Waals surface area contributed by atoms with Crippen LogP contribution in [0.2, 0.25) is 0 Å². The number of carbonyl (C=O) groups is 1. The highest BCUT2D eigenvalue weighted by molar-refractivity contribution is 5.85. The second kappa shape index (κ2) is 9.21. The zero-order chi connectivity index (χ0) is 16.0. The molecule has 1 aliphatic carbocycles. The van der Waals surface area contributed by atoms with Crippen LogP contribution < -0.4 is 11.1 Å². The minimum atomic E-state index is -0.829. The zero-order valence-corrected chi connectivity index (χ0v) is 14.1. The predicted molar refractivity (Wildman–Crippen MR) is 90.8 cm³/mol. The molecule has 23 heavy (non-hydrogen) atoms. The lowest BCUT2D eigenvalue weighted by atomic mass is 9.71. The average Bonchev–Trinajstić information content (AvgIpc) is 2.54. The maximum atomic E-state index is 12.8. The number of amides is 1. The van der Waals surface area contributed by atoms with E-state index in [1.54, 1.807) is 0 Å². The van der Waals surface area contributed by atoms with Crippen LogP contribution in [0.3, 0.4) is 0 Å². The van der Waals surface area contributed by atoms with Crippen LogP contribution in [0, 0.1) is 11.2 Å². The van der Waals surface area contributed by atoms with Crippen LogP contribution >= 0.6 is 12.4 Å². The van der Waals surface area contributed by atoms with Crippen molar-refractivity contribution in [3.8, 4) is 0 Å². The smallest absolute Gasteiger partial charge is 0.220 e. The number of nitrogens with one attached hydrogen (secondary N) is 1. The van der Waals surface area contributed by atoms with Crippen molar-refractivity contribution in [2.45, 2.75) is 44.6 Å². The third kappa shape index (κ3) is 5.75. The van der Waals surface area contributed by atoms with E-state index in [1.807, 2.05) is 0 Å². The largest absolute Gasteiger partial charge is 0.387 e. The lowest BCUT2D eigenvalue weighted by Gasteiger charge is -2.35. The SMILES string of the molecule is Cl.NCC1(CC(=O)NCC(O)c2ccc(F)cc2)CCCCC1. The van der Waals surface area contributed by atoms with Crippen LogP contribution in [0.5, 0.6) is 0 Å². The van der Waals surface area contributed by atoms with Gasteiger partial charge in [-0.05, 0) is 42.5 Å². The number of aliphatic hydroxyl groups is 1. The maximum absolute atomic E-state index is 12.8. The summed E-state index contributed by atoms with van der Waals surface area (Å²) in [6.45, 7) is 0.659. The summed E-state index contributed by atoms with van der Waals surface area (Å²) in [7, 11) is 0. The zero-order valence-electron chi connectivity index (χ0n) is 13.3. The Balaban J connectivity index is 0.00000264. The average molecular weight is 345 g/mol. The summed E-state index contributed by atoms with van der Waals surface area (Å²) >= 11 is 0. The van der Waals surface area contributed by atoms with Crippen molar-refractivity contribution in [1.82, 2.24) is 5.32 Å². The summed E-state index contributed by atoms with van der Waals surface area (Å²) in [4.78, 5) is 12.1. The molecule has 130 valence electrons. The molecule has 0 aliphatic heterocycles. The third-order valence-electron chi connectivity index (χ3n) is 4.63. The molecule has 4 nitrogen and oxygen atoms in total. The van der Waals surface area contributed by atoms with Gasteiger partial charge in [-0.25, -0.2) is 4.39 Å². The number of benzene rings is 1. The van der Waals surface area contributed by atoms with Gasteiger partial charge in [0.25, 0.3) is 0 Å². The Morgan fingerprint density at radius 1 is 1.26 bits per heavy atom. The number of nitrogens with two attached hydrogens (primary N) is 1. The van der Waals surface area contributed by atoms with Crippen LogP contribution in [0.15, 0.2) is 24.3 Å². The van der Waals surface area contributed by atoms with Crippen molar-refractivity contribution in [3.05, 3.63) is 35.6 Å². The normalized spacial score (nSPS) is 17.9. The quantitative estimate of drug-likeness (QED) is 0.742. The lowest BCUT2D eigenvalue weighted by molar-refractivity contribution is -0.124. The molecule has 0 saturated heterocycles. The van der Waals surface area contributed by atoms with E-state index in [4.69, 9.17) is 5.73 Å². The first kappa shape index (κ1) is 19.9. The van der Waals surface area contributed by atoms with Gasteiger partial charge in [0, 0.05) is 13.0 Å². The Morgan fingerprint density at radius 2 is 1.87 bits per heavy atom. The van der Waals surface area contributed by atoms with E-state index < -0.39 is 6.10 Å². The first-order valence-corrected chi connectivity index (χ1v) is 7.95. The van der Waals surface area contributed by atoms with Crippen LogP contribution in [-0.4, -0.2) is 24.1 Å². The molecular weight excluding hydrogens is 319 g/mol. The number of hydrogen-bond donors (Lipinski definition) is 3. The van der Waals surface area contributed by atoms with E-state index in [0.717, 1.165) is 25.7 Å². The monoisotopic (exact) mass is 344 g/mol. The summed E-state index contributed by atoms with van der Waals surface area (Å²) in [5.74, 6) is -0.421. The fraction of sp³-hybridized carbons (Fsp3) is 0.588. The second-order valence-electron chi connectivity index (χ2n) is 6.31. The summed E-state index contributed by atoms with van der Waals surface area (Å²) in [5, 5.41) is 12.8. The molecule has 1 atom stereocenters. The molecule has 0 heterocycles. The van der Waals surface area contributed by atoms with E-state index in [2.05, 4.69) is 5.32 Å². The number of carbonyl (C=O) groups excluding carboxylic acids is 1. The molecule has 1 saturated carbocycles. The fourth-order valence-corrected chi connectivity index (χ4v) is 3.17. The Bertz CT molecular complexity index is 490. The molecule has 0 radical (unpaired) electrons. The molecule has 0 bridgehead atoms. The molecule has 4 N–H and O–H groups in total. The van der Waals surface area contributed by atoms with Gasteiger partial charge in [0.1, 0.15) is 5.82 Å². The lowest BCUT2D eigenvalue weighted by Crippen LogP contribution is -2.39. The van der Waals surface area contributed by atoms with Crippen molar-refractivity contribution in [2.24, 2.45) is 11.1 Å². The number of halogens is 2. The van der Waals surface area contributed by atoms with Crippen molar-refractivity contribution < 1.29 is 14.3 Å². The molecule has 0 spiro atoms. The standard InChI is InChI=1S/C17H25FN2O2.ClH/c18-14-6-4-13(5-7-14)15(21)11-20-16(22)10-17(12-19)8-2-1-3-9-17;/h4-7,15,21H,1-3,8-12,19H2,(H,20,22);1H. The highest BCUT2D eigenvalue weighted by atomic mass is 35.5. The Hall–Kier alpha value is -1.17. The second-order valence-corrected chi connectivity index (χ2v) is 6.31. The number of rotatable bonds is 6. The van der Waals surface area contributed by atoms with Crippen LogP contribution in [0.1, 0.15) is 50.2 Å². The Morgan fingerprint density at radius 3 is 2.43 bits per heavy atom. The van der Waals surface area contributed by atoms with Crippen molar-refractivity contribution in [1.29, 1.82) is 0 Å². The highest BCUT2D eigenvalue weighted by Crippen LogP contribution is 2.38. The minimum absolute atomic E-state index is 0. The van der Waals surface area contributed by atoms with Gasteiger partial charge in [0.2, 0.25) is 5.91 Å². The van der Waals surface area contributed by atoms with E-state index in [0.29, 0.717) is 18.5 Å². The molecule has 1 amide bonds. The van der Waals surface area contributed by atoms with Crippen LogP contribution in [0.25, 0.3) is 0 Å². The van der Waals surface area contributed by atoms with Gasteiger partial charge >= 0.3 is 0 Å². The summed E-state index contributed by atoms with van der Waals surface area (Å²) in [5.41, 5.74) is 6.39. The van der Waals surface area contributed by atoms with Gasteiger partial charge in [-0.15, -0.1) is 12.4 Å². The third-order valence-corrected chi connectivity index (χ3v) is 4.63. The summed E-state index contributed by atoms with van der Waals surface area (Å²) in [6, 6.07) is 5.64. The first-order chi connectivity index (χ1) is 10.5. The van der Waals surface area contributed by atoms with Crippen LogP contribution in [-0.2, 0) is 4.79 Å². The van der Waals surface area contributed by atoms with Gasteiger partial charge in [0.15, 0.2) is 0 Å². The molecular formula is C17H26ClFN2O2. The highest BCUT2D eigenvalue weighted by Gasteiger charge is 2.32. The molecule has 2 rings (SSSR count). The van der Waals surface area contributed by atoms with Crippen LogP contribution in [0.4, 0.5) is 4.39 Å². The van der Waals surface area contributed by atoms with Gasteiger partial charge in [0.05, 0.1) is 6.10 Å². The van der Waals surface area contributed by atoms with Gasteiger partial charge < -0.3 is 16.2 Å². The summed E-state index contributed by atoms with van der Waals surface area (Å²) in [6.07, 6.45) is 5.05. The first-order valence-electron chi connectivity index (χ1n) is 7.95. The summed E-state index contributed by atoms with van der Waals surface area (Å²) < 4.78 is 12.8. The van der Waals surface area contributed by atoms with Crippen molar-refractivity contribution >= 4 is 18.3 Å². The molecule has 1 fully saturated rings. The number of aliphatic hydroxyl groups excluding tert-OH is 1. The van der Waals surface area contributed by atoms with Crippen molar-refractivity contribution in [3.63, 3.8) is 0 Å². The van der Waals surface area contributed by atoms with Gasteiger partial charge in [-0.3, -0.25) is 4.79 Å². The Labute approximate surface area is 143 Å². The van der Waals surface area contributed by atoms with Crippen molar-refractivity contribution in [2.75, 3.05) is 13.1 Å². The molecule has 1 aromatic carbocycles. The molecule has 1 aliphatic rings. The Kier molecular flexibility index (Phi) is 7.95. The van der Waals surface area contributed by atoms with E-state index in [1.165, 1.54) is 30.7 Å². The van der Waals surface area contributed by atoms with E-state index >= 15 is 0 Å². The molecule has 1 aromatic rings. The van der Waals surface area contributed by atoms with Gasteiger partial charge in [-0.1, -0.05) is 31.4 Å². The van der Waals surface area contributed by atoms with E-state index in [-0.39, 0.29) is 36.1 Å². The topological polar surface area (TPSA) is 75.4 Å². The maximum Gasteiger partial charge on any atom is 0.220 e. The molecule has 1 unspecified atom stereocenters. The fourth-order valence-electron chi connectivity index (χ4n) is 3.17. The number of hydrogen-bond acceptors (Lipinski definition) is 3. The minimum Gasteiger partial charge on any atom is -0.387 e.